The summed E-state index contributed by atoms with van der Waals surface area (Å²) in [5, 5.41) is 3.34. The van der Waals surface area contributed by atoms with E-state index in [1.165, 1.54) is 0 Å². The van der Waals surface area contributed by atoms with E-state index in [0.29, 0.717) is 13.2 Å². The lowest BCUT2D eigenvalue weighted by atomic mass is 10.3. The van der Waals surface area contributed by atoms with Gasteiger partial charge in [-0.2, -0.15) is 0 Å². The largest absolute Gasteiger partial charge is 0.490 e. The number of para-hydroxylation sites is 2. The van der Waals surface area contributed by atoms with Crippen LogP contribution in [0.3, 0.4) is 0 Å². The average molecular weight is 280 g/mol. The second kappa shape index (κ2) is 10.5. The molecule has 0 aliphatic rings. The van der Waals surface area contributed by atoms with E-state index in [9.17, 15) is 0 Å². The van der Waals surface area contributed by atoms with Crippen LogP contribution >= 0.6 is 0 Å². The summed E-state index contributed by atoms with van der Waals surface area (Å²) in [6.45, 7) is 12.7. The molecule has 0 saturated carbocycles. The number of ether oxygens (including phenoxy) is 2. The van der Waals surface area contributed by atoms with Gasteiger partial charge in [-0.3, -0.25) is 4.90 Å². The van der Waals surface area contributed by atoms with Crippen molar-refractivity contribution >= 4 is 0 Å². The molecule has 0 bridgehead atoms. The fourth-order valence-corrected chi connectivity index (χ4v) is 1.97. The lowest BCUT2D eigenvalue weighted by Gasteiger charge is -2.21. The van der Waals surface area contributed by atoms with Crippen molar-refractivity contribution in [1.82, 2.24) is 10.2 Å². The normalized spacial score (nSPS) is 10.8. The maximum Gasteiger partial charge on any atom is 0.161 e. The van der Waals surface area contributed by atoms with E-state index >= 15 is 0 Å². The first kappa shape index (κ1) is 16.8. The SMILES string of the molecule is CCNCCN(CC)CCOc1ccccc1OCC. The van der Waals surface area contributed by atoms with Gasteiger partial charge in [0.1, 0.15) is 6.61 Å². The van der Waals surface area contributed by atoms with Crippen LogP contribution < -0.4 is 14.8 Å². The Bertz CT molecular complexity index is 358. The third-order valence-electron chi connectivity index (χ3n) is 3.12. The zero-order valence-electron chi connectivity index (χ0n) is 13.0. The monoisotopic (exact) mass is 280 g/mol. The third kappa shape index (κ3) is 6.26. The molecule has 4 nitrogen and oxygen atoms in total. The molecule has 1 aromatic rings. The summed E-state index contributed by atoms with van der Waals surface area (Å²) >= 11 is 0. The minimum absolute atomic E-state index is 0.657. The van der Waals surface area contributed by atoms with Gasteiger partial charge in [0.15, 0.2) is 11.5 Å². The molecule has 1 rings (SSSR count). The fraction of sp³-hybridized carbons (Fsp3) is 0.625. The summed E-state index contributed by atoms with van der Waals surface area (Å²) < 4.78 is 11.4. The van der Waals surface area contributed by atoms with Crippen LogP contribution in [0.25, 0.3) is 0 Å². The third-order valence-corrected chi connectivity index (χ3v) is 3.12. The summed E-state index contributed by atoms with van der Waals surface area (Å²) in [7, 11) is 0. The zero-order chi connectivity index (χ0) is 14.6. The second-order valence-electron chi connectivity index (χ2n) is 4.52. The molecule has 1 aromatic carbocycles. The van der Waals surface area contributed by atoms with Crippen LogP contribution in [0.2, 0.25) is 0 Å². The van der Waals surface area contributed by atoms with Gasteiger partial charge < -0.3 is 14.8 Å². The first-order valence-electron chi connectivity index (χ1n) is 7.59. The first-order valence-corrected chi connectivity index (χ1v) is 7.59. The predicted octanol–water partition coefficient (Wildman–Crippen LogP) is 2.40. The van der Waals surface area contributed by atoms with Crippen LogP contribution in [0.1, 0.15) is 20.8 Å². The first-order chi connectivity index (χ1) is 9.81. The van der Waals surface area contributed by atoms with E-state index in [4.69, 9.17) is 9.47 Å². The molecule has 0 amide bonds. The molecule has 0 aliphatic carbocycles. The van der Waals surface area contributed by atoms with E-state index in [0.717, 1.165) is 44.2 Å². The molecule has 114 valence electrons. The summed E-state index contributed by atoms with van der Waals surface area (Å²) in [6.07, 6.45) is 0. The minimum atomic E-state index is 0.657. The zero-order valence-corrected chi connectivity index (χ0v) is 13.0. The minimum Gasteiger partial charge on any atom is -0.490 e. The number of likely N-dealkylation sites (N-methyl/N-ethyl adjacent to an activating group) is 2. The Labute approximate surface area is 123 Å². The Balaban J connectivity index is 2.35. The van der Waals surface area contributed by atoms with Crippen molar-refractivity contribution in [3.8, 4) is 11.5 Å². The Morgan fingerprint density at radius 2 is 1.70 bits per heavy atom. The van der Waals surface area contributed by atoms with Crippen LogP contribution in [-0.4, -0.2) is 50.8 Å². The van der Waals surface area contributed by atoms with E-state index in [1.807, 2.05) is 31.2 Å². The van der Waals surface area contributed by atoms with Gasteiger partial charge in [0.05, 0.1) is 6.61 Å². The van der Waals surface area contributed by atoms with Gasteiger partial charge in [0, 0.05) is 19.6 Å². The Morgan fingerprint density at radius 3 is 2.30 bits per heavy atom. The van der Waals surface area contributed by atoms with Crippen molar-refractivity contribution in [2.75, 3.05) is 45.9 Å². The molecular formula is C16H28N2O2. The molecule has 0 fully saturated rings. The van der Waals surface area contributed by atoms with Crippen molar-refractivity contribution in [2.45, 2.75) is 20.8 Å². The molecule has 0 saturated heterocycles. The van der Waals surface area contributed by atoms with Gasteiger partial charge in [0.25, 0.3) is 0 Å². The number of hydrogen-bond donors (Lipinski definition) is 1. The maximum absolute atomic E-state index is 5.84. The van der Waals surface area contributed by atoms with Gasteiger partial charge in [-0.15, -0.1) is 0 Å². The lowest BCUT2D eigenvalue weighted by molar-refractivity contribution is 0.208. The average Bonchev–Trinajstić information content (AvgIpc) is 2.48. The van der Waals surface area contributed by atoms with Gasteiger partial charge in [-0.25, -0.2) is 0 Å². The molecule has 1 N–H and O–H groups in total. The van der Waals surface area contributed by atoms with Crippen molar-refractivity contribution in [2.24, 2.45) is 0 Å². The molecular weight excluding hydrogens is 252 g/mol. The Hall–Kier alpha value is -1.26. The van der Waals surface area contributed by atoms with Crippen molar-refractivity contribution < 1.29 is 9.47 Å². The summed E-state index contributed by atoms with van der Waals surface area (Å²) in [5.74, 6) is 1.66. The van der Waals surface area contributed by atoms with Crippen molar-refractivity contribution in [3.05, 3.63) is 24.3 Å². The number of rotatable bonds is 11. The van der Waals surface area contributed by atoms with Crippen LogP contribution in [0.5, 0.6) is 11.5 Å². The van der Waals surface area contributed by atoms with Crippen LogP contribution in [-0.2, 0) is 0 Å². The standard InChI is InChI=1S/C16H28N2O2/c1-4-17-11-12-18(5-2)13-14-20-16-10-8-7-9-15(16)19-6-3/h7-10,17H,4-6,11-14H2,1-3H3. The summed E-state index contributed by atoms with van der Waals surface area (Å²) in [5.41, 5.74) is 0. The quantitative estimate of drug-likeness (QED) is 0.631. The molecule has 0 radical (unpaired) electrons. The van der Waals surface area contributed by atoms with Crippen molar-refractivity contribution in [3.63, 3.8) is 0 Å². The highest BCUT2D eigenvalue weighted by Crippen LogP contribution is 2.26. The molecule has 0 unspecified atom stereocenters. The lowest BCUT2D eigenvalue weighted by Crippen LogP contribution is -2.34. The molecule has 0 spiro atoms. The summed E-state index contributed by atoms with van der Waals surface area (Å²) in [6, 6.07) is 7.84. The van der Waals surface area contributed by atoms with Gasteiger partial charge in [-0.05, 0) is 32.1 Å². The van der Waals surface area contributed by atoms with Crippen LogP contribution in [0, 0.1) is 0 Å². The van der Waals surface area contributed by atoms with Crippen molar-refractivity contribution in [1.29, 1.82) is 0 Å². The fourth-order valence-electron chi connectivity index (χ4n) is 1.97. The number of nitrogens with one attached hydrogen (secondary N) is 1. The molecule has 0 heterocycles. The number of nitrogens with zero attached hydrogens (tertiary/aromatic N) is 1. The van der Waals surface area contributed by atoms with E-state index in [-0.39, 0.29) is 0 Å². The van der Waals surface area contributed by atoms with Gasteiger partial charge in [0.2, 0.25) is 0 Å². The molecule has 20 heavy (non-hydrogen) atoms. The molecule has 0 aromatic heterocycles. The second-order valence-corrected chi connectivity index (χ2v) is 4.52. The summed E-state index contributed by atoms with van der Waals surface area (Å²) in [4.78, 5) is 2.38. The van der Waals surface area contributed by atoms with Gasteiger partial charge >= 0.3 is 0 Å². The van der Waals surface area contributed by atoms with Crippen LogP contribution in [0.4, 0.5) is 0 Å². The molecule has 0 aliphatic heterocycles. The highest BCUT2D eigenvalue weighted by atomic mass is 16.5. The number of hydrogen-bond acceptors (Lipinski definition) is 4. The predicted molar refractivity (Wildman–Crippen MR) is 83.8 cm³/mol. The van der Waals surface area contributed by atoms with E-state index in [1.54, 1.807) is 0 Å². The Morgan fingerprint density at radius 1 is 1.00 bits per heavy atom. The van der Waals surface area contributed by atoms with E-state index < -0.39 is 0 Å². The Kier molecular flexibility index (Phi) is 8.83. The molecule has 4 heteroatoms. The number of benzene rings is 1. The molecule has 0 atom stereocenters. The van der Waals surface area contributed by atoms with Crippen LogP contribution in [0.15, 0.2) is 24.3 Å². The smallest absolute Gasteiger partial charge is 0.161 e. The topological polar surface area (TPSA) is 33.7 Å². The van der Waals surface area contributed by atoms with Gasteiger partial charge in [-0.1, -0.05) is 26.0 Å². The maximum atomic E-state index is 5.84. The highest BCUT2D eigenvalue weighted by Gasteiger charge is 2.05. The highest BCUT2D eigenvalue weighted by molar-refractivity contribution is 5.39. The van der Waals surface area contributed by atoms with E-state index in [2.05, 4.69) is 24.1 Å².